The van der Waals surface area contributed by atoms with Crippen LogP contribution in [0.15, 0.2) is 35.4 Å². The van der Waals surface area contributed by atoms with Crippen molar-refractivity contribution in [1.82, 2.24) is 30.5 Å². The highest BCUT2D eigenvalue weighted by molar-refractivity contribution is 7.90. The minimum absolute atomic E-state index is 0.0163. The number of sulfone groups is 1. The highest BCUT2D eigenvalue weighted by atomic mass is 32.2. The molecule has 1 saturated heterocycles. The molecule has 4 amide bonds. The smallest absolute Gasteiger partial charge is 0.287 e. The molecule has 1 aromatic heterocycles. The van der Waals surface area contributed by atoms with Crippen molar-refractivity contribution >= 4 is 39.2 Å². The number of nitrogens with two attached hydrogens (primary N) is 1. The first-order valence-electron chi connectivity index (χ1n) is 17.7. The standard InChI is InChI=1S/C35H49N7O8S/c1-34(2,48)28-21-42(40-39-28)24-19-27(32(46)38-35(29(43)30(36)44)16-8-5-9-17-35)41(20-24)33(47)26(18-22-10-6-4-7-11-22)37-31(45)23-12-14-25(15-13-23)51(3,49)50/h12-15,21-22,24,26-27,48H,4-11,16-20H2,1-3H3,(H2,36,44)(H,37,45)(H,38,46)/t24?,26-,27?/m1/s1. The van der Waals surface area contributed by atoms with Crippen LogP contribution < -0.4 is 16.4 Å². The minimum Gasteiger partial charge on any atom is -0.384 e. The molecule has 5 rings (SSSR count). The summed E-state index contributed by atoms with van der Waals surface area (Å²) < 4.78 is 25.5. The minimum atomic E-state index is -3.49. The summed E-state index contributed by atoms with van der Waals surface area (Å²) in [6.45, 7) is 3.14. The highest BCUT2D eigenvalue weighted by Gasteiger charge is 2.49. The van der Waals surface area contributed by atoms with Crippen LogP contribution >= 0.6 is 0 Å². The van der Waals surface area contributed by atoms with Crippen LogP contribution in [0.3, 0.4) is 0 Å². The molecule has 2 saturated carbocycles. The number of hydrogen-bond acceptors (Lipinski definition) is 10. The Bertz CT molecular complexity index is 1740. The Kier molecular flexibility index (Phi) is 11.3. The maximum absolute atomic E-state index is 14.7. The van der Waals surface area contributed by atoms with Crippen LogP contribution in [0.4, 0.5) is 0 Å². The second-order valence-corrected chi connectivity index (χ2v) is 16.9. The van der Waals surface area contributed by atoms with E-state index in [2.05, 4.69) is 20.9 Å². The predicted molar refractivity (Wildman–Crippen MR) is 185 cm³/mol. The average molecular weight is 728 g/mol. The molecule has 16 heteroatoms. The summed E-state index contributed by atoms with van der Waals surface area (Å²) in [5.41, 5.74) is 3.12. The molecule has 0 radical (unpaired) electrons. The van der Waals surface area contributed by atoms with E-state index in [9.17, 15) is 37.5 Å². The van der Waals surface area contributed by atoms with E-state index in [1.165, 1.54) is 33.8 Å². The highest BCUT2D eigenvalue weighted by Crippen LogP contribution is 2.34. The molecule has 1 aromatic carbocycles. The SMILES string of the molecule is CC(C)(O)c1cn(C2CC(C(=O)NC3(C(=O)C(N)=O)CCCCC3)N(C(=O)[C@@H](CC3CCCCC3)NC(=O)c3ccc(S(C)(=O)=O)cc3)C2)nn1. The number of rotatable bonds is 12. The topological polar surface area (TPSA) is 224 Å². The van der Waals surface area contributed by atoms with Gasteiger partial charge < -0.3 is 26.4 Å². The van der Waals surface area contributed by atoms with Crippen LogP contribution in [-0.2, 0) is 34.6 Å². The largest absolute Gasteiger partial charge is 0.384 e. The van der Waals surface area contributed by atoms with Crippen LogP contribution in [0, 0.1) is 5.92 Å². The van der Waals surface area contributed by atoms with Gasteiger partial charge in [0.25, 0.3) is 11.8 Å². The van der Waals surface area contributed by atoms with Gasteiger partial charge in [-0.1, -0.05) is 56.6 Å². The normalized spacial score (nSPS) is 21.8. The summed E-state index contributed by atoms with van der Waals surface area (Å²) in [6, 6.07) is 2.78. The Morgan fingerprint density at radius 1 is 1.02 bits per heavy atom. The van der Waals surface area contributed by atoms with Crippen LogP contribution in [0.2, 0.25) is 0 Å². The molecular formula is C35H49N7O8S. The monoisotopic (exact) mass is 727 g/mol. The van der Waals surface area contributed by atoms with Crippen molar-refractivity contribution in [2.24, 2.45) is 11.7 Å². The van der Waals surface area contributed by atoms with Gasteiger partial charge >= 0.3 is 0 Å². The van der Waals surface area contributed by atoms with E-state index >= 15 is 0 Å². The van der Waals surface area contributed by atoms with Crippen molar-refractivity contribution in [1.29, 1.82) is 0 Å². The number of aliphatic hydroxyl groups is 1. The molecule has 0 bridgehead atoms. The lowest BCUT2D eigenvalue weighted by Crippen LogP contribution is -2.62. The van der Waals surface area contributed by atoms with E-state index < -0.39 is 68.5 Å². The van der Waals surface area contributed by atoms with Gasteiger partial charge in [-0.3, -0.25) is 24.0 Å². The fourth-order valence-corrected chi connectivity index (χ4v) is 8.26. The Morgan fingerprint density at radius 2 is 1.65 bits per heavy atom. The fraction of sp³-hybridized carbons (Fsp3) is 0.629. The first-order chi connectivity index (χ1) is 24.0. The maximum Gasteiger partial charge on any atom is 0.287 e. The van der Waals surface area contributed by atoms with Crippen molar-refractivity contribution in [2.75, 3.05) is 12.8 Å². The van der Waals surface area contributed by atoms with Crippen molar-refractivity contribution in [3.05, 3.63) is 41.7 Å². The predicted octanol–water partition coefficient (Wildman–Crippen LogP) is 1.69. The molecule has 2 aromatic rings. The second-order valence-electron chi connectivity index (χ2n) is 14.9. The number of aromatic nitrogens is 3. The molecule has 2 unspecified atom stereocenters. The van der Waals surface area contributed by atoms with E-state index in [1.807, 2.05) is 0 Å². The Hall–Kier alpha value is -4.18. The van der Waals surface area contributed by atoms with Gasteiger partial charge in [0.05, 0.1) is 17.1 Å². The third-order valence-corrected chi connectivity index (χ3v) is 11.7. The number of ketones is 1. The Labute approximate surface area is 298 Å². The number of Topliss-reactive ketones (excluding diaryl/α,β-unsaturated/α-hetero) is 1. The zero-order valence-corrected chi connectivity index (χ0v) is 30.3. The fourth-order valence-electron chi connectivity index (χ4n) is 7.63. The zero-order valence-electron chi connectivity index (χ0n) is 29.5. The van der Waals surface area contributed by atoms with Crippen molar-refractivity contribution < 1.29 is 37.5 Å². The van der Waals surface area contributed by atoms with E-state index in [-0.39, 0.29) is 42.2 Å². The first kappa shape index (κ1) is 38.1. The van der Waals surface area contributed by atoms with Crippen LogP contribution in [0.1, 0.15) is 113 Å². The number of nitrogens with zero attached hydrogens (tertiary/aromatic N) is 4. The molecule has 3 aliphatic rings. The summed E-state index contributed by atoms with van der Waals surface area (Å²) in [6.07, 6.45) is 10.4. The number of benzene rings is 1. The van der Waals surface area contributed by atoms with E-state index in [1.54, 1.807) is 20.0 Å². The number of nitrogens with one attached hydrogen (secondary N) is 2. The van der Waals surface area contributed by atoms with Crippen molar-refractivity contribution in [3.63, 3.8) is 0 Å². The summed E-state index contributed by atoms with van der Waals surface area (Å²) in [5.74, 6) is -3.56. The molecule has 3 atom stereocenters. The molecule has 51 heavy (non-hydrogen) atoms. The van der Waals surface area contributed by atoms with Gasteiger partial charge in [-0.05, 0) is 63.3 Å². The lowest BCUT2D eigenvalue weighted by molar-refractivity contribution is -0.145. The summed E-state index contributed by atoms with van der Waals surface area (Å²) in [7, 11) is -3.49. The molecule has 3 fully saturated rings. The number of hydrogen-bond donors (Lipinski definition) is 4. The van der Waals surface area contributed by atoms with Gasteiger partial charge in [0.1, 0.15) is 28.9 Å². The van der Waals surface area contributed by atoms with Gasteiger partial charge in [0.2, 0.25) is 17.6 Å². The van der Waals surface area contributed by atoms with Gasteiger partial charge in [0.15, 0.2) is 9.84 Å². The van der Waals surface area contributed by atoms with Crippen LogP contribution in [0.25, 0.3) is 0 Å². The van der Waals surface area contributed by atoms with Gasteiger partial charge in [-0.2, -0.15) is 0 Å². The molecular weight excluding hydrogens is 678 g/mol. The first-order valence-corrected chi connectivity index (χ1v) is 19.6. The van der Waals surface area contributed by atoms with Crippen LogP contribution in [-0.4, -0.2) is 93.3 Å². The summed E-state index contributed by atoms with van der Waals surface area (Å²) in [4.78, 5) is 69.2. The maximum atomic E-state index is 14.7. The molecule has 278 valence electrons. The average Bonchev–Trinajstić information content (AvgIpc) is 3.77. The molecule has 2 aliphatic carbocycles. The van der Waals surface area contributed by atoms with Gasteiger partial charge in [0, 0.05) is 24.8 Å². The molecule has 0 spiro atoms. The number of carbonyl (C=O) groups is 5. The summed E-state index contributed by atoms with van der Waals surface area (Å²) in [5, 5.41) is 24.5. The number of likely N-dealkylation sites (tertiary alicyclic amines) is 1. The summed E-state index contributed by atoms with van der Waals surface area (Å²) >= 11 is 0. The Morgan fingerprint density at radius 3 is 2.22 bits per heavy atom. The lowest BCUT2D eigenvalue weighted by atomic mass is 9.78. The number of primary amides is 1. The number of amides is 4. The second kappa shape index (κ2) is 15.2. The van der Waals surface area contributed by atoms with Gasteiger partial charge in [-0.15, -0.1) is 5.10 Å². The van der Waals surface area contributed by atoms with Crippen molar-refractivity contribution in [3.8, 4) is 0 Å². The third-order valence-electron chi connectivity index (χ3n) is 10.5. The van der Waals surface area contributed by atoms with E-state index in [0.717, 1.165) is 44.8 Å². The molecule has 5 N–H and O–H groups in total. The van der Waals surface area contributed by atoms with E-state index in [0.29, 0.717) is 25.0 Å². The van der Waals surface area contributed by atoms with Crippen molar-refractivity contribution in [2.45, 2.75) is 125 Å². The van der Waals surface area contributed by atoms with Gasteiger partial charge in [-0.25, -0.2) is 13.1 Å². The lowest BCUT2D eigenvalue weighted by Gasteiger charge is -2.38. The zero-order chi connectivity index (χ0) is 37.1. The molecule has 15 nitrogen and oxygen atoms in total. The molecule has 1 aliphatic heterocycles. The van der Waals surface area contributed by atoms with Crippen LogP contribution in [0.5, 0.6) is 0 Å². The Balaban J connectivity index is 1.47. The number of carbonyl (C=O) groups excluding carboxylic acids is 5. The third kappa shape index (κ3) is 8.83. The quantitative estimate of drug-likeness (QED) is 0.232. The molecule has 2 heterocycles. The van der Waals surface area contributed by atoms with E-state index in [4.69, 9.17) is 5.73 Å².